The number of methoxy groups -OCH3 is 1. The first-order valence-corrected chi connectivity index (χ1v) is 9.51. The molecule has 1 amide bonds. The predicted octanol–water partition coefficient (Wildman–Crippen LogP) is 2.79. The quantitative estimate of drug-likeness (QED) is 0.766. The van der Waals surface area contributed by atoms with Gasteiger partial charge in [-0.25, -0.2) is 4.79 Å². The van der Waals surface area contributed by atoms with Crippen molar-refractivity contribution in [1.29, 1.82) is 0 Å². The Balaban J connectivity index is 1.74. The molecule has 1 fully saturated rings. The molecule has 2 heterocycles. The van der Waals surface area contributed by atoms with E-state index < -0.39 is 12.0 Å². The molecule has 1 saturated carbocycles. The van der Waals surface area contributed by atoms with Crippen LogP contribution in [0.1, 0.15) is 54.6 Å². The van der Waals surface area contributed by atoms with Crippen molar-refractivity contribution in [2.24, 2.45) is 5.92 Å². The van der Waals surface area contributed by atoms with Crippen LogP contribution in [0.15, 0.2) is 35.6 Å². The van der Waals surface area contributed by atoms with Gasteiger partial charge in [0.1, 0.15) is 6.10 Å². The summed E-state index contributed by atoms with van der Waals surface area (Å²) in [6.45, 7) is 2.37. The maximum Gasteiger partial charge on any atom is 0.337 e. The smallest absolute Gasteiger partial charge is 0.337 e. The molecular formula is C21H23NO5. The van der Waals surface area contributed by atoms with E-state index in [9.17, 15) is 14.4 Å². The molecule has 1 aliphatic carbocycles. The lowest BCUT2D eigenvalue weighted by Crippen LogP contribution is -2.39. The van der Waals surface area contributed by atoms with E-state index >= 15 is 0 Å². The highest BCUT2D eigenvalue weighted by molar-refractivity contribution is 6.11. The van der Waals surface area contributed by atoms with Crippen LogP contribution in [0.5, 0.6) is 0 Å². The molecule has 3 aliphatic rings. The van der Waals surface area contributed by atoms with E-state index in [0.717, 1.165) is 31.2 Å². The number of rotatable bonds is 3. The number of nitrogens with zero attached hydrogens (tertiary/aromatic N) is 1. The van der Waals surface area contributed by atoms with Gasteiger partial charge in [0.05, 0.1) is 30.2 Å². The van der Waals surface area contributed by atoms with Crippen molar-refractivity contribution in [1.82, 2.24) is 4.90 Å². The number of fused-ring (bicyclic) bond motifs is 1. The highest BCUT2D eigenvalue weighted by Crippen LogP contribution is 2.46. The van der Waals surface area contributed by atoms with E-state index in [0.29, 0.717) is 17.7 Å². The first-order valence-electron chi connectivity index (χ1n) is 9.51. The van der Waals surface area contributed by atoms with Crippen molar-refractivity contribution in [3.8, 4) is 0 Å². The van der Waals surface area contributed by atoms with Crippen LogP contribution in [0.3, 0.4) is 0 Å². The van der Waals surface area contributed by atoms with E-state index in [2.05, 4.69) is 0 Å². The van der Waals surface area contributed by atoms with E-state index in [-0.39, 0.29) is 29.5 Å². The second-order valence-corrected chi connectivity index (χ2v) is 7.26. The fourth-order valence-electron chi connectivity index (χ4n) is 4.48. The summed E-state index contributed by atoms with van der Waals surface area (Å²) in [4.78, 5) is 39.5. The van der Waals surface area contributed by atoms with Gasteiger partial charge in [-0.2, -0.15) is 0 Å². The fourth-order valence-corrected chi connectivity index (χ4v) is 4.48. The summed E-state index contributed by atoms with van der Waals surface area (Å²) in [7, 11) is 1.33. The fraction of sp³-hybridized carbons (Fsp3) is 0.476. The van der Waals surface area contributed by atoms with Crippen LogP contribution in [0.4, 0.5) is 0 Å². The largest absolute Gasteiger partial charge is 0.483 e. The summed E-state index contributed by atoms with van der Waals surface area (Å²) in [5.41, 5.74) is 1.71. The summed E-state index contributed by atoms with van der Waals surface area (Å²) >= 11 is 0. The second kappa shape index (κ2) is 6.83. The molecule has 3 unspecified atom stereocenters. The maximum atomic E-state index is 13.3. The second-order valence-electron chi connectivity index (χ2n) is 7.26. The molecule has 0 N–H and O–H groups in total. The number of ether oxygens (including phenoxy) is 2. The minimum absolute atomic E-state index is 0.0484. The molecule has 1 aromatic carbocycles. The minimum Gasteiger partial charge on any atom is -0.483 e. The van der Waals surface area contributed by atoms with Crippen molar-refractivity contribution >= 4 is 17.7 Å². The van der Waals surface area contributed by atoms with E-state index in [1.165, 1.54) is 7.11 Å². The van der Waals surface area contributed by atoms with E-state index in [1.54, 1.807) is 29.2 Å². The molecule has 6 nitrogen and oxygen atoms in total. The van der Waals surface area contributed by atoms with Gasteiger partial charge in [-0.1, -0.05) is 18.6 Å². The van der Waals surface area contributed by atoms with Gasteiger partial charge in [-0.05, 0) is 43.9 Å². The topological polar surface area (TPSA) is 72.9 Å². The standard InChI is InChI=1S/C21H23NO5/c1-3-22-17(12-8-10-13(11-9-12)21(25)26-2)16-18(23)14-6-4-5-7-15(14)27-19(16)20(22)24/h8-11,14-15,17H,3-7H2,1-2H3. The number of hydrogen-bond acceptors (Lipinski definition) is 5. The Hall–Kier alpha value is -2.63. The van der Waals surface area contributed by atoms with Crippen LogP contribution < -0.4 is 0 Å². The third kappa shape index (κ3) is 2.74. The number of carbonyl (C=O) groups is 3. The minimum atomic E-state index is -0.459. The lowest BCUT2D eigenvalue weighted by molar-refractivity contribution is -0.135. The van der Waals surface area contributed by atoms with Crippen LogP contribution in [0.25, 0.3) is 0 Å². The summed E-state index contributed by atoms with van der Waals surface area (Å²) < 4.78 is 10.8. The van der Waals surface area contributed by atoms with Gasteiger partial charge in [0.15, 0.2) is 11.5 Å². The van der Waals surface area contributed by atoms with E-state index in [1.807, 2.05) is 6.92 Å². The zero-order valence-corrected chi connectivity index (χ0v) is 15.6. The highest BCUT2D eigenvalue weighted by atomic mass is 16.5. The van der Waals surface area contributed by atoms with Gasteiger partial charge in [-0.15, -0.1) is 0 Å². The SMILES string of the molecule is CCN1C(=O)C2=C(C(=O)C3CCCCC3O2)C1c1ccc(C(=O)OC)cc1. The Labute approximate surface area is 158 Å². The van der Waals surface area contributed by atoms with Crippen molar-refractivity contribution in [3.05, 3.63) is 46.7 Å². The Morgan fingerprint density at radius 3 is 2.56 bits per heavy atom. The Bertz CT molecular complexity index is 825. The number of likely N-dealkylation sites (N-methyl/N-ethyl adjacent to an activating group) is 1. The third-order valence-electron chi connectivity index (χ3n) is 5.85. The number of amides is 1. The molecule has 4 rings (SSSR count). The molecule has 0 bridgehead atoms. The van der Waals surface area contributed by atoms with Crippen molar-refractivity contribution in [2.45, 2.75) is 44.8 Å². The van der Waals surface area contributed by atoms with Gasteiger partial charge in [0.2, 0.25) is 0 Å². The monoisotopic (exact) mass is 369 g/mol. The molecule has 0 spiro atoms. The van der Waals surface area contributed by atoms with Crippen LogP contribution in [-0.2, 0) is 19.1 Å². The van der Waals surface area contributed by atoms with Crippen LogP contribution in [0.2, 0.25) is 0 Å². The molecule has 3 atom stereocenters. The zero-order chi connectivity index (χ0) is 19.1. The number of hydrogen-bond donors (Lipinski definition) is 0. The number of Topliss-reactive ketones (excluding diaryl/α,β-unsaturated/α-hetero) is 1. The van der Waals surface area contributed by atoms with Crippen molar-refractivity contribution < 1.29 is 23.9 Å². The Kier molecular flexibility index (Phi) is 4.50. The molecule has 0 saturated heterocycles. The lowest BCUT2D eigenvalue weighted by Gasteiger charge is -2.35. The Morgan fingerprint density at radius 1 is 1.19 bits per heavy atom. The first-order chi connectivity index (χ1) is 13.1. The highest BCUT2D eigenvalue weighted by Gasteiger charge is 2.51. The zero-order valence-electron chi connectivity index (χ0n) is 15.6. The average Bonchev–Trinajstić information content (AvgIpc) is 2.99. The number of ketones is 1. The van der Waals surface area contributed by atoms with Gasteiger partial charge in [-0.3, -0.25) is 9.59 Å². The lowest BCUT2D eigenvalue weighted by atomic mass is 9.77. The molecule has 1 aromatic rings. The first kappa shape index (κ1) is 17.8. The van der Waals surface area contributed by atoms with Gasteiger partial charge in [0.25, 0.3) is 5.91 Å². The van der Waals surface area contributed by atoms with Gasteiger partial charge in [0, 0.05) is 6.54 Å². The summed E-state index contributed by atoms with van der Waals surface area (Å²) in [5, 5.41) is 0. The summed E-state index contributed by atoms with van der Waals surface area (Å²) in [6.07, 6.45) is 3.51. The normalized spacial score (nSPS) is 27.2. The van der Waals surface area contributed by atoms with E-state index in [4.69, 9.17) is 9.47 Å². The number of carbonyl (C=O) groups excluding carboxylic acids is 3. The summed E-state index contributed by atoms with van der Waals surface area (Å²) in [5.74, 6) is -0.511. The molecule has 2 aliphatic heterocycles. The average molecular weight is 369 g/mol. The molecule has 142 valence electrons. The number of esters is 1. The Morgan fingerprint density at radius 2 is 1.89 bits per heavy atom. The number of benzene rings is 1. The molecular weight excluding hydrogens is 346 g/mol. The molecule has 27 heavy (non-hydrogen) atoms. The van der Waals surface area contributed by atoms with Crippen LogP contribution >= 0.6 is 0 Å². The van der Waals surface area contributed by atoms with Gasteiger partial charge < -0.3 is 14.4 Å². The van der Waals surface area contributed by atoms with Crippen LogP contribution in [0, 0.1) is 5.92 Å². The van der Waals surface area contributed by atoms with Crippen LogP contribution in [-0.4, -0.2) is 42.3 Å². The third-order valence-corrected chi connectivity index (χ3v) is 5.85. The molecule has 6 heteroatoms. The summed E-state index contributed by atoms with van der Waals surface area (Å²) in [6, 6.07) is 6.43. The predicted molar refractivity (Wildman–Crippen MR) is 96.8 cm³/mol. The molecule has 0 radical (unpaired) electrons. The maximum absolute atomic E-state index is 13.3. The van der Waals surface area contributed by atoms with Gasteiger partial charge >= 0.3 is 5.97 Å². The van der Waals surface area contributed by atoms with Crippen molar-refractivity contribution in [2.75, 3.05) is 13.7 Å². The molecule has 0 aromatic heterocycles. The van der Waals surface area contributed by atoms with Crippen molar-refractivity contribution in [3.63, 3.8) is 0 Å².